The van der Waals surface area contributed by atoms with E-state index < -0.39 is 0 Å². The minimum absolute atomic E-state index is 0.0594. The van der Waals surface area contributed by atoms with Gasteiger partial charge in [0, 0.05) is 37.7 Å². The van der Waals surface area contributed by atoms with Gasteiger partial charge in [-0.2, -0.15) is 0 Å². The molecule has 0 radical (unpaired) electrons. The molecule has 0 spiro atoms. The van der Waals surface area contributed by atoms with Crippen LogP contribution in [0, 0.1) is 5.82 Å². The molecule has 0 bridgehead atoms. The quantitative estimate of drug-likeness (QED) is 0.663. The molecule has 0 N–H and O–H groups in total. The molecule has 2 aliphatic rings. The SMILES string of the molecule is CCCCC1(N(C)C)CCN(CCN(C)C(=O)C2=Cc3cc(F)ccc3C2)CC1. The summed E-state index contributed by atoms with van der Waals surface area (Å²) in [5.41, 5.74) is 2.97. The minimum atomic E-state index is -0.250. The van der Waals surface area contributed by atoms with Gasteiger partial charge in [0.05, 0.1) is 0 Å². The van der Waals surface area contributed by atoms with Crippen LogP contribution in [-0.2, 0) is 11.2 Å². The normalized spacial score (nSPS) is 18.6. The molecule has 1 aliphatic heterocycles. The van der Waals surface area contributed by atoms with E-state index in [0.29, 0.717) is 12.0 Å². The molecule has 1 aromatic carbocycles. The van der Waals surface area contributed by atoms with Crippen LogP contribution in [0.3, 0.4) is 0 Å². The van der Waals surface area contributed by atoms with Gasteiger partial charge in [0.1, 0.15) is 5.82 Å². The number of likely N-dealkylation sites (tertiary alicyclic amines) is 1. The molecule has 0 saturated carbocycles. The predicted octanol–water partition coefficient (Wildman–Crippen LogP) is 3.81. The van der Waals surface area contributed by atoms with Gasteiger partial charge in [-0.15, -0.1) is 0 Å². The lowest BCUT2D eigenvalue weighted by Gasteiger charge is -2.46. The number of carbonyl (C=O) groups is 1. The van der Waals surface area contributed by atoms with Crippen LogP contribution >= 0.6 is 0 Å². The molecule has 1 fully saturated rings. The number of halogens is 1. The summed E-state index contributed by atoms with van der Waals surface area (Å²) >= 11 is 0. The first kappa shape index (κ1) is 22.0. The topological polar surface area (TPSA) is 26.8 Å². The largest absolute Gasteiger partial charge is 0.341 e. The summed E-state index contributed by atoms with van der Waals surface area (Å²) in [4.78, 5) is 19.6. The summed E-state index contributed by atoms with van der Waals surface area (Å²) < 4.78 is 13.4. The summed E-state index contributed by atoms with van der Waals surface area (Å²) in [6.07, 6.45) is 8.66. The van der Waals surface area contributed by atoms with E-state index >= 15 is 0 Å². The molecule has 1 aliphatic carbocycles. The van der Waals surface area contributed by atoms with Crippen LogP contribution in [0.2, 0.25) is 0 Å². The van der Waals surface area contributed by atoms with Gasteiger partial charge in [0.2, 0.25) is 5.91 Å². The highest BCUT2D eigenvalue weighted by Gasteiger charge is 2.35. The van der Waals surface area contributed by atoms with Crippen molar-refractivity contribution in [2.45, 2.75) is 51.0 Å². The van der Waals surface area contributed by atoms with Crippen LogP contribution in [0.4, 0.5) is 4.39 Å². The average Bonchev–Trinajstić information content (AvgIpc) is 3.13. The van der Waals surface area contributed by atoms with E-state index in [1.54, 1.807) is 6.07 Å². The van der Waals surface area contributed by atoms with Gasteiger partial charge < -0.3 is 14.7 Å². The number of hydrogen-bond donors (Lipinski definition) is 0. The van der Waals surface area contributed by atoms with Crippen LogP contribution in [0.1, 0.15) is 50.2 Å². The number of likely N-dealkylation sites (N-methyl/N-ethyl adjacent to an activating group) is 1. The Morgan fingerprint density at radius 2 is 1.93 bits per heavy atom. The number of piperidine rings is 1. The zero-order valence-electron chi connectivity index (χ0n) is 18.5. The summed E-state index contributed by atoms with van der Waals surface area (Å²) in [5.74, 6) is -0.191. The van der Waals surface area contributed by atoms with E-state index in [-0.39, 0.29) is 11.7 Å². The minimum Gasteiger partial charge on any atom is -0.341 e. The second-order valence-corrected chi connectivity index (χ2v) is 8.98. The summed E-state index contributed by atoms with van der Waals surface area (Å²) in [6.45, 7) is 6.09. The van der Waals surface area contributed by atoms with Crippen LogP contribution in [0.15, 0.2) is 23.8 Å². The van der Waals surface area contributed by atoms with Crippen LogP contribution < -0.4 is 0 Å². The molecular weight excluding hydrogens is 365 g/mol. The maximum Gasteiger partial charge on any atom is 0.249 e. The molecule has 1 aromatic rings. The van der Waals surface area contributed by atoms with Crippen LogP contribution in [0.5, 0.6) is 0 Å². The van der Waals surface area contributed by atoms with Gasteiger partial charge in [0.15, 0.2) is 0 Å². The number of benzene rings is 1. The van der Waals surface area contributed by atoms with Crippen molar-refractivity contribution in [1.82, 2.24) is 14.7 Å². The first-order chi connectivity index (χ1) is 13.8. The number of fused-ring (bicyclic) bond motifs is 1. The fourth-order valence-electron chi connectivity index (χ4n) is 4.70. The monoisotopic (exact) mass is 401 g/mol. The molecule has 1 saturated heterocycles. The maximum absolute atomic E-state index is 13.4. The molecule has 0 unspecified atom stereocenters. The lowest BCUT2D eigenvalue weighted by molar-refractivity contribution is -0.126. The number of unbranched alkanes of at least 4 members (excludes halogenated alkanes) is 1. The zero-order chi connectivity index (χ0) is 21.0. The standard InChI is InChI=1S/C24H36FN3O/c1-5-6-9-24(26(2)3)10-12-28(13-11-24)15-14-27(4)23(29)21-16-19-7-8-22(25)18-20(19)17-21/h7-8,17-18H,5-6,9-16H2,1-4H3. The smallest absolute Gasteiger partial charge is 0.249 e. The molecule has 160 valence electrons. The van der Waals surface area contributed by atoms with E-state index in [0.717, 1.165) is 42.9 Å². The van der Waals surface area contributed by atoms with Crippen molar-refractivity contribution in [3.8, 4) is 0 Å². The van der Waals surface area contributed by atoms with Crippen molar-refractivity contribution in [3.05, 3.63) is 40.7 Å². The molecular formula is C24H36FN3O. The van der Waals surface area contributed by atoms with Crippen molar-refractivity contribution < 1.29 is 9.18 Å². The van der Waals surface area contributed by atoms with Crippen molar-refractivity contribution in [2.75, 3.05) is 47.3 Å². The van der Waals surface area contributed by atoms with Crippen LogP contribution in [-0.4, -0.2) is 73.5 Å². The van der Waals surface area contributed by atoms with Gasteiger partial charge in [-0.05, 0) is 75.8 Å². The zero-order valence-corrected chi connectivity index (χ0v) is 18.5. The van der Waals surface area contributed by atoms with Gasteiger partial charge in [-0.25, -0.2) is 4.39 Å². The lowest BCUT2D eigenvalue weighted by atomic mass is 9.82. The predicted molar refractivity (Wildman–Crippen MR) is 117 cm³/mol. The Morgan fingerprint density at radius 1 is 1.21 bits per heavy atom. The van der Waals surface area contributed by atoms with Crippen molar-refractivity contribution in [2.24, 2.45) is 0 Å². The Hall–Kier alpha value is -1.72. The molecule has 1 heterocycles. The van der Waals surface area contributed by atoms with E-state index in [9.17, 15) is 9.18 Å². The van der Waals surface area contributed by atoms with Crippen molar-refractivity contribution >= 4 is 12.0 Å². The van der Waals surface area contributed by atoms with Crippen molar-refractivity contribution in [1.29, 1.82) is 0 Å². The van der Waals surface area contributed by atoms with E-state index in [1.165, 1.54) is 44.2 Å². The molecule has 1 amide bonds. The summed E-state index contributed by atoms with van der Waals surface area (Å²) in [6, 6.07) is 4.76. The highest BCUT2D eigenvalue weighted by molar-refractivity contribution is 6.00. The molecule has 4 nitrogen and oxygen atoms in total. The fourth-order valence-corrected chi connectivity index (χ4v) is 4.70. The van der Waals surface area contributed by atoms with Crippen LogP contribution in [0.25, 0.3) is 6.08 Å². The number of carbonyl (C=O) groups excluding carboxylic acids is 1. The Kier molecular flexibility index (Phi) is 7.12. The van der Waals surface area contributed by atoms with E-state index in [2.05, 4.69) is 30.8 Å². The third kappa shape index (κ3) is 5.07. The van der Waals surface area contributed by atoms with Gasteiger partial charge in [-0.3, -0.25) is 4.79 Å². The molecule has 0 atom stereocenters. The molecule has 5 heteroatoms. The fraction of sp³-hybridized carbons (Fsp3) is 0.625. The Balaban J connectivity index is 1.48. The number of rotatable bonds is 8. The van der Waals surface area contributed by atoms with Gasteiger partial charge in [0.25, 0.3) is 0 Å². The van der Waals surface area contributed by atoms with Gasteiger partial charge in [-0.1, -0.05) is 25.8 Å². The Bertz CT molecular complexity index is 750. The van der Waals surface area contributed by atoms with E-state index in [1.807, 2.05) is 18.0 Å². The highest BCUT2D eigenvalue weighted by atomic mass is 19.1. The Morgan fingerprint density at radius 3 is 2.59 bits per heavy atom. The second-order valence-electron chi connectivity index (χ2n) is 8.98. The molecule has 29 heavy (non-hydrogen) atoms. The number of amides is 1. The lowest BCUT2D eigenvalue weighted by Crippen LogP contribution is -2.53. The summed E-state index contributed by atoms with van der Waals surface area (Å²) in [7, 11) is 6.32. The molecule has 3 rings (SSSR count). The van der Waals surface area contributed by atoms with E-state index in [4.69, 9.17) is 0 Å². The Labute approximate surface area is 175 Å². The second kappa shape index (κ2) is 9.40. The maximum atomic E-state index is 13.4. The highest BCUT2D eigenvalue weighted by Crippen LogP contribution is 2.32. The number of hydrogen-bond acceptors (Lipinski definition) is 3. The average molecular weight is 402 g/mol. The van der Waals surface area contributed by atoms with Gasteiger partial charge >= 0.3 is 0 Å². The third-order valence-electron chi connectivity index (χ3n) is 6.92. The number of nitrogens with zero attached hydrogens (tertiary/aromatic N) is 3. The molecule has 0 aromatic heterocycles. The summed E-state index contributed by atoms with van der Waals surface area (Å²) in [5, 5.41) is 0. The van der Waals surface area contributed by atoms with Crippen molar-refractivity contribution in [3.63, 3.8) is 0 Å². The first-order valence-corrected chi connectivity index (χ1v) is 11.0. The third-order valence-corrected chi connectivity index (χ3v) is 6.92. The first-order valence-electron chi connectivity index (χ1n) is 11.0.